The van der Waals surface area contributed by atoms with Crippen LogP contribution < -0.4 is 0 Å². The van der Waals surface area contributed by atoms with Crippen molar-refractivity contribution >= 4 is 53.4 Å². The van der Waals surface area contributed by atoms with Crippen LogP contribution in [0.1, 0.15) is 0 Å². The van der Waals surface area contributed by atoms with Crippen molar-refractivity contribution in [2.45, 2.75) is 0 Å². The second-order valence-corrected chi connectivity index (χ2v) is 15.0. The summed E-state index contributed by atoms with van der Waals surface area (Å²) in [4.78, 5) is 15.1. The summed E-state index contributed by atoms with van der Waals surface area (Å²) < 4.78 is 9.02. The van der Waals surface area contributed by atoms with E-state index in [1.54, 1.807) is 11.3 Å². The molecular weight excluding hydrogens is 703 g/mol. The van der Waals surface area contributed by atoms with Gasteiger partial charge in [0.15, 0.2) is 17.5 Å². The molecule has 0 unspecified atom stereocenters. The summed E-state index contributed by atoms with van der Waals surface area (Å²) >= 11 is 1.80. The highest BCUT2D eigenvalue weighted by Gasteiger charge is 2.19. The highest BCUT2D eigenvalue weighted by molar-refractivity contribution is 7.26. The van der Waals surface area contributed by atoms with Crippen molar-refractivity contribution < 1.29 is 4.42 Å². The molecule has 262 valence electrons. The number of fused-ring (bicyclic) bond motifs is 6. The predicted molar refractivity (Wildman–Crippen MR) is 233 cm³/mol. The summed E-state index contributed by atoms with van der Waals surface area (Å²) in [7, 11) is 0. The van der Waals surface area contributed by atoms with E-state index in [2.05, 4.69) is 146 Å². The van der Waals surface area contributed by atoms with E-state index in [1.165, 1.54) is 31.3 Å². The van der Waals surface area contributed by atoms with E-state index in [1.807, 2.05) is 42.5 Å². The maximum absolute atomic E-state index is 6.64. The summed E-state index contributed by atoms with van der Waals surface area (Å²) in [6.07, 6.45) is 0. The summed E-state index contributed by atoms with van der Waals surface area (Å²) in [5, 5.41) is 4.65. The zero-order chi connectivity index (χ0) is 37.0. The highest BCUT2D eigenvalue weighted by atomic mass is 32.1. The number of hydrogen-bond acceptors (Lipinski definition) is 5. The van der Waals surface area contributed by atoms with E-state index in [0.717, 1.165) is 60.9 Å². The van der Waals surface area contributed by atoms with Gasteiger partial charge in [-0.15, -0.1) is 11.3 Å². The zero-order valence-corrected chi connectivity index (χ0v) is 30.9. The third kappa shape index (κ3) is 5.56. The summed E-state index contributed by atoms with van der Waals surface area (Å²) in [6, 6.07) is 65.6. The molecule has 0 N–H and O–H groups in total. The van der Waals surface area contributed by atoms with Gasteiger partial charge >= 0.3 is 0 Å². The molecule has 8 aromatic carbocycles. The number of rotatable bonds is 6. The molecule has 0 aliphatic carbocycles. The molecule has 56 heavy (non-hydrogen) atoms. The minimum absolute atomic E-state index is 0.639. The Bertz CT molecular complexity index is 3230. The fourth-order valence-corrected chi connectivity index (χ4v) is 9.04. The molecule has 4 nitrogen and oxygen atoms in total. The number of nitrogens with zero attached hydrogens (tertiary/aromatic N) is 3. The van der Waals surface area contributed by atoms with Crippen LogP contribution in [-0.2, 0) is 0 Å². The van der Waals surface area contributed by atoms with Crippen LogP contribution in [0, 0.1) is 0 Å². The second kappa shape index (κ2) is 13.3. The number of benzene rings is 8. The molecule has 0 fully saturated rings. The normalized spacial score (nSPS) is 11.6. The van der Waals surface area contributed by atoms with Gasteiger partial charge in [-0.05, 0) is 46.5 Å². The first-order valence-electron chi connectivity index (χ1n) is 18.7. The van der Waals surface area contributed by atoms with Crippen LogP contribution >= 0.6 is 11.3 Å². The third-order valence-corrected chi connectivity index (χ3v) is 11.8. The predicted octanol–water partition coefficient (Wildman–Crippen LogP) is 14.1. The lowest BCUT2D eigenvalue weighted by molar-refractivity contribution is 0.670. The van der Waals surface area contributed by atoms with E-state index in [4.69, 9.17) is 19.4 Å². The van der Waals surface area contributed by atoms with Crippen molar-refractivity contribution in [1.29, 1.82) is 0 Å². The van der Waals surface area contributed by atoms with E-state index in [0.29, 0.717) is 17.5 Å². The minimum atomic E-state index is 0.639. The first-order chi connectivity index (χ1) is 27.7. The number of para-hydroxylation sites is 1. The minimum Gasteiger partial charge on any atom is -0.455 e. The van der Waals surface area contributed by atoms with Crippen molar-refractivity contribution in [1.82, 2.24) is 15.0 Å². The van der Waals surface area contributed by atoms with Gasteiger partial charge in [0.25, 0.3) is 0 Å². The number of thiophene rings is 1. The molecule has 0 aliphatic heterocycles. The van der Waals surface area contributed by atoms with Crippen LogP contribution in [-0.4, -0.2) is 15.0 Å². The molecule has 0 saturated heterocycles. The maximum Gasteiger partial charge on any atom is 0.164 e. The molecule has 3 aromatic heterocycles. The van der Waals surface area contributed by atoms with Crippen LogP contribution in [0.4, 0.5) is 0 Å². The second-order valence-electron chi connectivity index (χ2n) is 14.0. The van der Waals surface area contributed by atoms with E-state index < -0.39 is 0 Å². The topological polar surface area (TPSA) is 51.8 Å². The lowest BCUT2D eigenvalue weighted by Gasteiger charge is -2.09. The quantitative estimate of drug-likeness (QED) is 0.171. The van der Waals surface area contributed by atoms with Crippen LogP contribution in [0.25, 0.3) is 110 Å². The molecule has 0 saturated carbocycles. The Morgan fingerprint density at radius 2 is 0.875 bits per heavy atom. The molecule has 11 rings (SSSR count). The highest BCUT2D eigenvalue weighted by Crippen LogP contribution is 2.45. The Balaban J connectivity index is 1.06. The Hall–Kier alpha value is -7.21. The maximum atomic E-state index is 6.64. The van der Waals surface area contributed by atoms with E-state index in [9.17, 15) is 0 Å². The molecule has 0 atom stereocenters. The van der Waals surface area contributed by atoms with Gasteiger partial charge in [0.2, 0.25) is 0 Å². The monoisotopic (exact) mass is 733 g/mol. The standard InChI is InChI=1S/C51H31N3OS/c1-4-13-32(14-5-1)34-23-25-36(26-24-34)50-52-49(35-17-8-3-9-18-35)53-51(54-50)37-27-28-40-41-20-12-21-42(48(41)56-46(40)31-37)44-30-38(33-15-6-2-7-16-33)29-43-39-19-10-11-22-45(39)55-47(43)44/h1-31H. The van der Waals surface area contributed by atoms with Gasteiger partial charge in [-0.1, -0.05) is 164 Å². The Labute approximate surface area is 327 Å². The number of hydrogen-bond donors (Lipinski definition) is 0. The number of aromatic nitrogens is 3. The van der Waals surface area contributed by atoms with Crippen LogP contribution in [0.15, 0.2) is 192 Å². The lowest BCUT2D eigenvalue weighted by atomic mass is 9.95. The molecule has 0 spiro atoms. The van der Waals surface area contributed by atoms with Gasteiger partial charge in [-0.25, -0.2) is 15.0 Å². The summed E-state index contributed by atoms with van der Waals surface area (Å²) in [5.74, 6) is 1.92. The lowest BCUT2D eigenvalue weighted by Crippen LogP contribution is -2.00. The van der Waals surface area contributed by atoms with Crippen LogP contribution in [0.3, 0.4) is 0 Å². The molecular formula is C51H31N3OS. The average Bonchev–Trinajstić information content (AvgIpc) is 3.85. The van der Waals surface area contributed by atoms with E-state index >= 15 is 0 Å². The van der Waals surface area contributed by atoms with Gasteiger partial charge < -0.3 is 4.42 Å². The Morgan fingerprint density at radius 3 is 1.59 bits per heavy atom. The van der Waals surface area contributed by atoms with Gasteiger partial charge in [0.1, 0.15) is 11.2 Å². The van der Waals surface area contributed by atoms with Crippen molar-refractivity contribution in [3.63, 3.8) is 0 Å². The first kappa shape index (κ1) is 32.2. The van der Waals surface area contributed by atoms with Crippen molar-refractivity contribution in [3.8, 4) is 67.5 Å². The molecule has 0 amide bonds. The fourth-order valence-electron chi connectivity index (χ4n) is 7.77. The Kier molecular flexibility index (Phi) is 7.64. The third-order valence-electron chi connectivity index (χ3n) is 10.6. The van der Waals surface area contributed by atoms with E-state index in [-0.39, 0.29) is 0 Å². The van der Waals surface area contributed by atoms with Crippen LogP contribution in [0.5, 0.6) is 0 Å². The SMILES string of the molecule is c1ccc(-c2ccc(-c3nc(-c4ccccc4)nc(-c4ccc5c(c4)sc4c(-c6cc(-c7ccccc7)cc7c6oc6ccccc67)cccc45)n3)cc2)cc1. The molecule has 0 bridgehead atoms. The average molecular weight is 734 g/mol. The fraction of sp³-hybridized carbons (Fsp3) is 0. The smallest absolute Gasteiger partial charge is 0.164 e. The number of furan rings is 1. The molecule has 3 heterocycles. The van der Waals surface area contributed by atoms with Gasteiger partial charge in [-0.2, -0.15) is 0 Å². The summed E-state index contributed by atoms with van der Waals surface area (Å²) in [5.41, 5.74) is 11.5. The molecule has 11 aromatic rings. The first-order valence-corrected chi connectivity index (χ1v) is 19.5. The van der Waals surface area contributed by atoms with Crippen molar-refractivity contribution in [2.24, 2.45) is 0 Å². The molecule has 0 aliphatic rings. The van der Waals surface area contributed by atoms with Crippen molar-refractivity contribution in [3.05, 3.63) is 188 Å². The summed E-state index contributed by atoms with van der Waals surface area (Å²) in [6.45, 7) is 0. The van der Waals surface area contributed by atoms with Gasteiger partial charge in [0, 0.05) is 58.8 Å². The van der Waals surface area contributed by atoms with Gasteiger partial charge in [0.05, 0.1) is 0 Å². The van der Waals surface area contributed by atoms with Crippen molar-refractivity contribution in [2.75, 3.05) is 0 Å². The Morgan fingerprint density at radius 1 is 0.339 bits per heavy atom. The van der Waals surface area contributed by atoms with Crippen LogP contribution in [0.2, 0.25) is 0 Å². The largest absolute Gasteiger partial charge is 0.455 e. The van der Waals surface area contributed by atoms with Gasteiger partial charge in [-0.3, -0.25) is 0 Å². The molecule has 0 radical (unpaired) electrons. The molecule has 5 heteroatoms. The zero-order valence-electron chi connectivity index (χ0n) is 30.1.